The summed E-state index contributed by atoms with van der Waals surface area (Å²) < 4.78 is 10.4. The lowest BCUT2D eigenvalue weighted by molar-refractivity contribution is -0.153. The Labute approximate surface area is 102 Å². The maximum Gasteiger partial charge on any atom is 0.330 e. The molecule has 0 aromatic carbocycles. The van der Waals surface area contributed by atoms with Gasteiger partial charge in [-0.1, -0.05) is 20.1 Å². The molecule has 0 aliphatic heterocycles. The van der Waals surface area contributed by atoms with Crippen LogP contribution in [-0.4, -0.2) is 30.1 Å². The van der Waals surface area contributed by atoms with Crippen molar-refractivity contribution in [3.05, 3.63) is 25.3 Å². The average molecular weight is 240 g/mol. The van der Waals surface area contributed by atoms with E-state index < -0.39 is 17.7 Å². The highest BCUT2D eigenvalue weighted by Crippen LogP contribution is 2.17. The Hall–Kier alpha value is -1.42. The van der Waals surface area contributed by atoms with Gasteiger partial charge in [0.15, 0.2) is 5.78 Å². The summed E-state index contributed by atoms with van der Waals surface area (Å²) in [5.41, 5.74) is -0.906. The molecule has 0 heterocycles. The van der Waals surface area contributed by atoms with Gasteiger partial charge in [-0.2, -0.15) is 0 Å². The van der Waals surface area contributed by atoms with Crippen molar-refractivity contribution < 1.29 is 19.1 Å². The standard InChI is InChI=1S/C13H20O4/c1-6-11(14)13(5,8-3)16-9-10(4)17-12(15)7-2/h6-7,10H,1-2,8-9H2,3-5H3. The van der Waals surface area contributed by atoms with E-state index in [4.69, 9.17) is 9.47 Å². The van der Waals surface area contributed by atoms with Crippen LogP contribution in [0, 0.1) is 0 Å². The van der Waals surface area contributed by atoms with Gasteiger partial charge in [0.25, 0.3) is 0 Å². The van der Waals surface area contributed by atoms with E-state index in [0.717, 1.165) is 6.08 Å². The van der Waals surface area contributed by atoms with E-state index in [1.165, 1.54) is 6.08 Å². The molecule has 0 saturated heterocycles. The van der Waals surface area contributed by atoms with E-state index in [2.05, 4.69) is 13.2 Å². The first kappa shape index (κ1) is 15.6. The van der Waals surface area contributed by atoms with E-state index in [9.17, 15) is 9.59 Å². The number of ketones is 1. The van der Waals surface area contributed by atoms with Crippen LogP contribution in [0.3, 0.4) is 0 Å². The van der Waals surface area contributed by atoms with Crippen LogP contribution in [0.4, 0.5) is 0 Å². The first-order valence-electron chi connectivity index (χ1n) is 5.53. The minimum absolute atomic E-state index is 0.156. The number of hydrogen-bond donors (Lipinski definition) is 0. The summed E-state index contributed by atoms with van der Waals surface area (Å²) in [4.78, 5) is 22.5. The topological polar surface area (TPSA) is 52.6 Å². The lowest BCUT2D eigenvalue weighted by Gasteiger charge is -2.27. The fraction of sp³-hybridized carbons (Fsp3) is 0.538. The van der Waals surface area contributed by atoms with Crippen LogP contribution < -0.4 is 0 Å². The van der Waals surface area contributed by atoms with Gasteiger partial charge < -0.3 is 9.47 Å². The maximum atomic E-state index is 11.6. The summed E-state index contributed by atoms with van der Waals surface area (Å²) in [5, 5.41) is 0. The normalized spacial score (nSPS) is 15.5. The van der Waals surface area contributed by atoms with Crippen LogP contribution in [0.5, 0.6) is 0 Å². The Morgan fingerprint density at radius 3 is 2.35 bits per heavy atom. The number of ether oxygens (including phenoxy) is 2. The molecule has 0 fully saturated rings. The summed E-state index contributed by atoms with van der Waals surface area (Å²) in [6.45, 7) is 12.1. The zero-order chi connectivity index (χ0) is 13.5. The van der Waals surface area contributed by atoms with E-state index in [1.807, 2.05) is 6.92 Å². The lowest BCUT2D eigenvalue weighted by atomic mass is 9.97. The van der Waals surface area contributed by atoms with Crippen LogP contribution in [0.1, 0.15) is 27.2 Å². The fourth-order valence-corrected chi connectivity index (χ4v) is 1.15. The molecule has 0 aromatic heterocycles. The van der Waals surface area contributed by atoms with Gasteiger partial charge in [-0.25, -0.2) is 4.79 Å². The predicted molar refractivity (Wildman–Crippen MR) is 65.6 cm³/mol. The van der Waals surface area contributed by atoms with Crippen molar-refractivity contribution in [3.8, 4) is 0 Å². The molecule has 96 valence electrons. The molecule has 0 radical (unpaired) electrons. The molecule has 0 saturated carbocycles. The van der Waals surface area contributed by atoms with Crippen molar-refractivity contribution in [2.24, 2.45) is 0 Å². The van der Waals surface area contributed by atoms with E-state index in [-0.39, 0.29) is 12.4 Å². The van der Waals surface area contributed by atoms with Gasteiger partial charge in [0.05, 0.1) is 6.61 Å². The monoisotopic (exact) mass is 240 g/mol. The van der Waals surface area contributed by atoms with E-state index in [1.54, 1.807) is 13.8 Å². The number of hydrogen-bond acceptors (Lipinski definition) is 4. The number of carbonyl (C=O) groups excluding carboxylic acids is 2. The van der Waals surface area contributed by atoms with Gasteiger partial charge in [-0.15, -0.1) is 0 Å². The van der Waals surface area contributed by atoms with Crippen LogP contribution in [-0.2, 0) is 19.1 Å². The van der Waals surface area contributed by atoms with Crippen molar-refractivity contribution in [1.82, 2.24) is 0 Å². The lowest BCUT2D eigenvalue weighted by Crippen LogP contribution is -2.39. The second kappa shape index (κ2) is 7.01. The molecule has 0 aliphatic rings. The zero-order valence-electron chi connectivity index (χ0n) is 10.7. The fourth-order valence-electron chi connectivity index (χ4n) is 1.15. The minimum atomic E-state index is -0.906. The third-order valence-electron chi connectivity index (χ3n) is 2.50. The first-order valence-corrected chi connectivity index (χ1v) is 5.53. The molecule has 0 aliphatic carbocycles. The van der Waals surface area contributed by atoms with Crippen LogP contribution in [0.25, 0.3) is 0 Å². The second-order valence-electron chi connectivity index (χ2n) is 3.92. The Morgan fingerprint density at radius 2 is 1.94 bits per heavy atom. The highest BCUT2D eigenvalue weighted by Gasteiger charge is 2.30. The Kier molecular flexibility index (Phi) is 6.43. The summed E-state index contributed by atoms with van der Waals surface area (Å²) in [6.07, 6.45) is 2.43. The average Bonchev–Trinajstić information content (AvgIpc) is 2.34. The van der Waals surface area contributed by atoms with E-state index >= 15 is 0 Å². The van der Waals surface area contributed by atoms with Gasteiger partial charge in [0.1, 0.15) is 11.7 Å². The smallest absolute Gasteiger partial charge is 0.330 e. The number of esters is 1. The quantitative estimate of drug-likeness (QED) is 0.481. The number of rotatable bonds is 8. The summed E-state index contributed by atoms with van der Waals surface area (Å²) >= 11 is 0. The van der Waals surface area contributed by atoms with Gasteiger partial charge in [0.2, 0.25) is 0 Å². The molecule has 0 N–H and O–H groups in total. The van der Waals surface area contributed by atoms with Crippen LogP contribution in [0.2, 0.25) is 0 Å². The second-order valence-corrected chi connectivity index (χ2v) is 3.92. The molecule has 17 heavy (non-hydrogen) atoms. The van der Waals surface area contributed by atoms with Crippen molar-refractivity contribution in [1.29, 1.82) is 0 Å². The van der Waals surface area contributed by atoms with Crippen LogP contribution >= 0.6 is 0 Å². The van der Waals surface area contributed by atoms with Crippen LogP contribution in [0.15, 0.2) is 25.3 Å². The summed E-state index contributed by atoms with van der Waals surface area (Å²) in [5.74, 6) is -0.684. The molecule has 0 aromatic rings. The Bertz CT molecular complexity index is 309. The Morgan fingerprint density at radius 1 is 1.35 bits per heavy atom. The highest BCUT2D eigenvalue weighted by atomic mass is 16.6. The number of carbonyl (C=O) groups is 2. The van der Waals surface area contributed by atoms with Gasteiger partial charge in [0, 0.05) is 6.08 Å². The zero-order valence-corrected chi connectivity index (χ0v) is 10.7. The van der Waals surface area contributed by atoms with Crippen molar-refractivity contribution in [2.75, 3.05) is 6.61 Å². The molecule has 4 nitrogen and oxygen atoms in total. The molecule has 2 atom stereocenters. The molecule has 4 heteroatoms. The molecule has 0 spiro atoms. The Balaban J connectivity index is 4.32. The summed E-state index contributed by atoms with van der Waals surface area (Å²) in [7, 11) is 0. The predicted octanol–water partition coefficient (Wildman–Crippen LogP) is 2.04. The molecule has 2 unspecified atom stereocenters. The summed E-state index contributed by atoms with van der Waals surface area (Å²) in [6, 6.07) is 0. The van der Waals surface area contributed by atoms with Crippen molar-refractivity contribution >= 4 is 11.8 Å². The van der Waals surface area contributed by atoms with Gasteiger partial charge >= 0.3 is 5.97 Å². The van der Waals surface area contributed by atoms with Crippen molar-refractivity contribution in [2.45, 2.75) is 38.9 Å². The SMILES string of the molecule is C=CC(=O)OC(C)COC(C)(CC)C(=O)C=C. The maximum absolute atomic E-state index is 11.6. The minimum Gasteiger partial charge on any atom is -0.457 e. The first-order chi connectivity index (χ1) is 7.89. The van der Waals surface area contributed by atoms with Gasteiger partial charge in [-0.05, 0) is 26.3 Å². The molecule has 0 rings (SSSR count). The van der Waals surface area contributed by atoms with Gasteiger partial charge in [-0.3, -0.25) is 4.79 Å². The highest BCUT2D eigenvalue weighted by molar-refractivity contribution is 5.96. The van der Waals surface area contributed by atoms with Crippen molar-refractivity contribution in [3.63, 3.8) is 0 Å². The third-order valence-corrected chi connectivity index (χ3v) is 2.50. The molecule has 0 amide bonds. The molecular weight excluding hydrogens is 220 g/mol. The molecular formula is C13H20O4. The molecule has 0 bridgehead atoms. The third kappa shape index (κ3) is 4.95. The van der Waals surface area contributed by atoms with E-state index in [0.29, 0.717) is 6.42 Å². The largest absolute Gasteiger partial charge is 0.457 e.